The van der Waals surface area contributed by atoms with Crippen molar-refractivity contribution in [1.82, 2.24) is 0 Å². The van der Waals surface area contributed by atoms with Gasteiger partial charge in [-0.25, -0.2) is 4.79 Å². The SMILES string of the molecule is CCOc1ccccc1NC(=O)CSc1ccc(NC(=O)c2cccc3cccc(C(=O)O)c23)cc1. The summed E-state index contributed by atoms with van der Waals surface area (Å²) in [6.45, 7) is 2.39. The van der Waals surface area contributed by atoms with Crippen molar-refractivity contribution in [3.8, 4) is 5.75 Å². The van der Waals surface area contributed by atoms with Crippen LogP contribution in [0.15, 0.2) is 89.8 Å². The van der Waals surface area contributed by atoms with Crippen molar-refractivity contribution in [3.63, 3.8) is 0 Å². The van der Waals surface area contributed by atoms with Gasteiger partial charge in [-0.2, -0.15) is 0 Å². The van der Waals surface area contributed by atoms with E-state index in [2.05, 4.69) is 10.6 Å². The highest BCUT2D eigenvalue weighted by molar-refractivity contribution is 8.00. The van der Waals surface area contributed by atoms with Crippen molar-refractivity contribution in [2.45, 2.75) is 11.8 Å². The standard InChI is InChI=1S/C28H24N2O5S/c1-2-35-24-12-4-3-11-23(24)30-25(31)17-36-20-15-13-19(14-16-20)29-27(32)21-9-5-7-18-8-6-10-22(26(18)21)28(33)34/h3-16H,2,17H2,1H3,(H,29,32)(H,30,31)(H,33,34). The van der Waals surface area contributed by atoms with Crippen molar-refractivity contribution >= 4 is 51.7 Å². The molecule has 2 amide bonds. The smallest absolute Gasteiger partial charge is 0.336 e. The lowest BCUT2D eigenvalue weighted by Gasteiger charge is -2.11. The largest absolute Gasteiger partial charge is 0.492 e. The summed E-state index contributed by atoms with van der Waals surface area (Å²) in [4.78, 5) is 37.9. The van der Waals surface area contributed by atoms with Gasteiger partial charge in [-0.3, -0.25) is 9.59 Å². The van der Waals surface area contributed by atoms with Gasteiger partial charge in [0, 0.05) is 21.5 Å². The second-order valence-corrected chi connectivity index (χ2v) is 8.81. The van der Waals surface area contributed by atoms with Crippen molar-refractivity contribution in [2.75, 3.05) is 23.0 Å². The van der Waals surface area contributed by atoms with E-state index in [-0.39, 0.29) is 22.8 Å². The number of hydrogen-bond donors (Lipinski definition) is 3. The average Bonchev–Trinajstić information content (AvgIpc) is 2.88. The van der Waals surface area contributed by atoms with Gasteiger partial charge in [-0.1, -0.05) is 36.4 Å². The fourth-order valence-electron chi connectivity index (χ4n) is 3.73. The number of anilines is 2. The molecule has 0 aliphatic carbocycles. The van der Waals surface area contributed by atoms with Crippen LogP contribution in [0.1, 0.15) is 27.6 Å². The van der Waals surface area contributed by atoms with Crippen LogP contribution in [0.2, 0.25) is 0 Å². The maximum Gasteiger partial charge on any atom is 0.336 e. The number of amides is 2. The Morgan fingerprint density at radius 2 is 1.53 bits per heavy atom. The lowest BCUT2D eigenvalue weighted by molar-refractivity contribution is -0.113. The molecule has 0 aromatic heterocycles. The Morgan fingerprint density at radius 1 is 0.833 bits per heavy atom. The minimum absolute atomic E-state index is 0.0761. The summed E-state index contributed by atoms with van der Waals surface area (Å²) >= 11 is 1.37. The van der Waals surface area contributed by atoms with Gasteiger partial charge >= 0.3 is 5.97 Å². The number of aromatic carboxylic acids is 1. The minimum Gasteiger partial charge on any atom is -0.492 e. The molecule has 0 aliphatic heterocycles. The predicted molar refractivity (Wildman–Crippen MR) is 142 cm³/mol. The first-order chi connectivity index (χ1) is 17.5. The van der Waals surface area contributed by atoms with Gasteiger partial charge in [0.25, 0.3) is 5.91 Å². The van der Waals surface area contributed by atoms with E-state index in [9.17, 15) is 19.5 Å². The molecule has 0 saturated heterocycles. The van der Waals surface area contributed by atoms with Crippen LogP contribution >= 0.6 is 11.8 Å². The molecule has 0 unspecified atom stereocenters. The normalized spacial score (nSPS) is 10.6. The minimum atomic E-state index is -1.09. The van der Waals surface area contributed by atoms with Crippen LogP contribution in [0.5, 0.6) is 5.75 Å². The van der Waals surface area contributed by atoms with Gasteiger partial charge in [-0.15, -0.1) is 11.8 Å². The Morgan fingerprint density at radius 3 is 2.22 bits per heavy atom. The highest BCUT2D eigenvalue weighted by Gasteiger charge is 2.16. The number of hydrogen-bond acceptors (Lipinski definition) is 5. The number of fused-ring (bicyclic) bond motifs is 1. The Balaban J connectivity index is 1.39. The Bertz CT molecular complexity index is 1410. The van der Waals surface area contributed by atoms with E-state index < -0.39 is 11.9 Å². The zero-order chi connectivity index (χ0) is 25.5. The molecule has 0 atom stereocenters. The molecular weight excluding hydrogens is 476 g/mol. The monoisotopic (exact) mass is 500 g/mol. The number of carbonyl (C=O) groups excluding carboxylic acids is 2. The molecule has 0 heterocycles. The highest BCUT2D eigenvalue weighted by Crippen LogP contribution is 2.27. The van der Waals surface area contributed by atoms with Crippen LogP contribution in [-0.4, -0.2) is 35.2 Å². The summed E-state index contributed by atoms with van der Waals surface area (Å²) in [5.74, 6) is -0.815. The van der Waals surface area contributed by atoms with Gasteiger partial charge in [-0.05, 0) is 60.8 Å². The molecule has 4 aromatic carbocycles. The molecule has 4 rings (SSSR count). The molecule has 0 aliphatic rings. The zero-order valence-electron chi connectivity index (χ0n) is 19.5. The molecule has 3 N–H and O–H groups in total. The van der Waals surface area contributed by atoms with Crippen molar-refractivity contribution in [2.24, 2.45) is 0 Å². The van der Waals surface area contributed by atoms with E-state index in [0.29, 0.717) is 34.5 Å². The van der Waals surface area contributed by atoms with Gasteiger partial charge in [0.1, 0.15) is 5.75 Å². The molecule has 0 spiro atoms. The molecule has 7 nitrogen and oxygen atoms in total. The maximum atomic E-state index is 13.0. The first-order valence-corrected chi connectivity index (χ1v) is 12.3. The van der Waals surface area contributed by atoms with Crippen molar-refractivity contribution in [1.29, 1.82) is 0 Å². The third-order valence-corrected chi connectivity index (χ3v) is 6.33. The third kappa shape index (κ3) is 5.84. The van der Waals surface area contributed by atoms with E-state index >= 15 is 0 Å². The lowest BCUT2D eigenvalue weighted by atomic mass is 9.98. The topological polar surface area (TPSA) is 105 Å². The summed E-state index contributed by atoms with van der Waals surface area (Å²) in [5, 5.41) is 16.3. The van der Waals surface area contributed by atoms with Gasteiger partial charge in [0.05, 0.1) is 23.6 Å². The van der Waals surface area contributed by atoms with E-state index in [0.717, 1.165) is 4.90 Å². The number of carboxylic acid groups (broad SMARTS) is 1. The van der Waals surface area contributed by atoms with E-state index in [4.69, 9.17) is 4.74 Å². The molecule has 0 saturated carbocycles. The second-order valence-electron chi connectivity index (χ2n) is 7.76. The zero-order valence-corrected chi connectivity index (χ0v) is 20.3. The number of ether oxygens (including phenoxy) is 1. The molecule has 0 radical (unpaired) electrons. The molecule has 8 heteroatoms. The van der Waals surface area contributed by atoms with Crippen LogP contribution in [0.4, 0.5) is 11.4 Å². The van der Waals surface area contributed by atoms with Crippen LogP contribution in [-0.2, 0) is 4.79 Å². The number of para-hydroxylation sites is 2. The number of carboxylic acids is 1. The van der Waals surface area contributed by atoms with E-state index in [1.165, 1.54) is 17.8 Å². The predicted octanol–water partition coefficient (Wildman–Crippen LogP) is 5.92. The first-order valence-electron chi connectivity index (χ1n) is 11.3. The van der Waals surface area contributed by atoms with Gasteiger partial charge in [0.15, 0.2) is 0 Å². The average molecular weight is 501 g/mol. The second kappa shape index (κ2) is 11.4. The Kier molecular flexibility index (Phi) is 7.87. The first kappa shape index (κ1) is 24.8. The fourth-order valence-corrected chi connectivity index (χ4v) is 4.43. The van der Waals surface area contributed by atoms with Crippen molar-refractivity contribution < 1.29 is 24.2 Å². The van der Waals surface area contributed by atoms with Crippen LogP contribution < -0.4 is 15.4 Å². The number of nitrogens with one attached hydrogen (secondary N) is 2. The number of rotatable bonds is 9. The van der Waals surface area contributed by atoms with Gasteiger partial charge in [0.2, 0.25) is 5.91 Å². The quantitative estimate of drug-likeness (QED) is 0.247. The van der Waals surface area contributed by atoms with E-state index in [1.54, 1.807) is 54.6 Å². The summed E-state index contributed by atoms with van der Waals surface area (Å²) in [6, 6.07) is 24.4. The van der Waals surface area contributed by atoms with E-state index in [1.807, 2.05) is 31.2 Å². The number of carbonyl (C=O) groups is 3. The molecule has 0 fully saturated rings. The molecule has 0 bridgehead atoms. The van der Waals surface area contributed by atoms with Crippen molar-refractivity contribution in [3.05, 3.63) is 96.1 Å². The molecule has 182 valence electrons. The van der Waals surface area contributed by atoms with Crippen LogP contribution in [0, 0.1) is 0 Å². The number of thioether (sulfide) groups is 1. The summed E-state index contributed by atoms with van der Waals surface area (Å²) in [5.41, 5.74) is 1.55. The fraction of sp³-hybridized carbons (Fsp3) is 0.107. The molecule has 36 heavy (non-hydrogen) atoms. The highest BCUT2D eigenvalue weighted by atomic mass is 32.2. The summed E-state index contributed by atoms with van der Waals surface area (Å²) in [6.07, 6.45) is 0. The summed E-state index contributed by atoms with van der Waals surface area (Å²) < 4.78 is 5.53. The number of benzene rings is 4. The maximum absolute atomic E-state index is 13.0. The Hall–Kier alpha value is -4.30. The lowest BCUT2D eigenvalue weighted by Crippen LogP contribution is -2.15. The third-order valence-electron chi connectivity index (χ3n) is 5.32. The van der Waals surface area contributed by atoms with Gasteiger partial charge < -0.3 is 20.5 Å². The molecule has 4 aromatic rings. The van der Waals surface area contributed by atoms with Crippen LogP contribution in [0.3, 0.4) is 0 Å². The molecular formula is C28H24N2O5S. The van der Waals surface area contributed by atoms with Crippen LogP contribution in [0.25, 0.3) is 10.8 Å². The summed E-state index contributed by atoms with van der Waals surface area (Å²) in [7, 11) is 0. The Labute approximate surface area is 212 Å².